The van der Waals surface area contributed by atoms with Crippen LogP contribution in [0.2, 0.25) is 0 Å². The lowest BCUT2D eigenvalue weighted by Crippen LogP contribution is -2.41. The number of hydrogen-bond donors (Lipinski definition) is 0. The predicted molar refractivity (Wildman–Crippen MR) is 133 cm³/mol. The average molecular weight is 480 g/mol. The van der Waals surface area contributed by atoms with Gasteiger partial charge in [0.2, 0.25) is 5.91 Å². The molecule has 1 fully saturated rings. The van der Waals surface area contributed by atoms with E-state index in [0.717, 1.165) is 48.3 Å². The van der Waals surface area contributed by atoms with Gasteiger partial charge in [-0.2, -0.15) is 5.10 Å². The molecule has 8 nitrogen and oxygen atoms in total. The molecular formula is C27H33N3O5. The summed E-state index contributed by atoms with van der Waals surface area (Å²) in [7, 11) is 6.50. The number of benzene rings is 2. The number of ether oxygens (including phenoxy) is 3. The molecule has 0 aromatic heterocycles. The minimum atomic E-state index is -0.325. The maximum Gasteiger partial charge on any atom is 0.262 e. The fourth-order valence-electron chi connectivity index (χ4n) is 4.86. The lowest BCUT2D eigenvalue weighted by Gasteiger charge is -2.26. The third-order valence-electron chi connectivity index (χ3n) is 6.83. The molecule has 35 heavy (non-hydrogen) atoms. The molecule has 0 radical (unpaired) electrons. The molecule has 0 spiro atoms. The molecule has 8 heteroatoms. The maximum atomic E-state index is 13.5. The van der Waals surface area contributed by atoms with Gasteiger partial charge in [-0.15, -0.1) is 0 Å². The van der Waals surface area contributed by atoms with E-state index in [2.05, 4.69) is 0 Å². The monoisotopic (exact) mass is 479 g/mol. The second-order valence-corrected chi connectivity index (χ2v) is 9.02. The van der Waals surface area contributed by atoms with Gasteiger partial charge in [-0.25, -0.2) is 5.01 Å². The summed E-state index contributed by atoms with van der Waals surface area (Å²) in [4.78, 5) is 27.8. The van der Waals surface area contributed by atoms with E-state index in [0.29, 0.717) is 17.9 Å². The van der Waals surface area contributed by atoms with Crippen LogP contribution in [0.15, 0.2) is 47.6 Å². The van der Waals surface area contributed by atoms with E-state index < -0.39 is 0 Å². The molecule has 1 atom stereocenters. The van der Waals surface area contributed by atoms with Gasteiger partial charge >= 0.3 is 0 Å². The van der Waals surface area contributed by atoms with E-state index in [1.165, 1.54) is 5.01 Å². The van der Waals surface area contributed by atoms with Gasteiger partial charge in [0.1, 0.15) is 12.3 Å². The Morgan fingerprint density at radius 2 is 1.66 bits per heavy atom. The molecule has 186 valence electrons. The van der Waals surface area contributed by atoms with Crippen molar-refractivity contribution < 1.29 is 23.8 Å². The lowest BCUT2D eigenvalue weighted by molar-refractivity contribution is -0.142. The van der Waals surface area contributed by atoms with Crippen LogP contribution in [0.25, 0.3) is 0 Å². The highest BCUT2D eigenvalue weighted by Gasteiger charge is 2.35. The Kier molecular flexibility index (Phi) is 7.58. The Morgan fingerprint density at radius 3 is 2.29 bits per heavy atom. The van der Waals surface area contributed by atoms with Crippen molar-refractivity contribution in [2.45, 2.75) is 38.1 Å². The second-order valence-electron chi connectivity index (χ2n) is 9.02. The van der Waals surface area contributed by atoms with Crippen molar-refractivity contribution >= 4 is 17.5 Å². The molecule has 4 rings (SSSR count). The molecule has 2 aliphatic rings. The standard InChI is InChI=1S/C27H33N3O5/c1-29(27(32)19-7-5-6-8-19)17-26(31)30-23(20-11-14-24(34-3)25(15-20)35-4)16-22(28-30)18-9-12-21(33-2)13-10-18/h9-15,19,23H,5-8,16-17H2,1-4H3. The minimum absolute atomic E-state index is 0.0154. The maximum absolute atomic E-state index is 13.5. The molecule has 2 amide bonds. The summed E-state index contributed by atoms with van der Waals surface area (Å²) in [6.07, 6.45) is 4.47. The molecule has 0 saturated heterocycles. The van der Waals surface area contributed by atoms with E-state index in [1.54, 1.807) is 33.3 Å². The Morgan fingerprint density at radius 1 is 0.971 bits per heavy atom. The Hall–Kier alpha value is -3.55. The summed E-state index contributed by atoms with van der Waals surface area (Å²) in [5.74, 6) is 1.79. The Labute approximate surface area is 206 Å². The van der Waals surface area contributed by atoms with E-state index in [1.807, 2.05) is 42.5 Å². The van der Waals surface area contributed by atoms with Crippen molar-refractivity contribution in [3.8, 4) is 17.2 Å². The summed E-state index contributed by atoms with van der Waals surface area (Å²) >= 11 is 0. The van der Waals surface area contributed by atoms with Gasteiger partial charge in [-0.05, 0) is 60.4 Å². The van der Waals surface area contributed by atoms with E-state index in [-0.39, 0.29) is 30.3 Å². The highest BCUT2D eigenvalue weighted by Crippen LogP contribution is 2.37. The normalized spacial score (nSPS) is 17.8. The topological polar surface area (TPSA) is 80.7 Å². The highest BCUT2D eigenvalue weighted by molar-refractivity contribution is 6.03. The van der Waals surface area contributed by atoms with Crippen molar-refractivity contribution in [3.63, 3.8) is 0 Å². The van der Waals surface area contributed by atoms with Crippen molar-refractivity contribution in [1.29, 1.82) is 0 Å². The SMILES string of the molecule is COc1ccc(C2=NN(C(=O)CN(C)C(=O)C3CCCC3)C(c3ccc(OC)c(OC)c3)C2)cc1. The highest BCUT2D eigenvalue weighted by atomic mass is 16.5. The van der Waals surface area contributed by atoms with Crippen molar-refractivity contribution in [3.05, 3.63) is 53.6 Å². The summed E-state index contributed by atoms with van der Waals surface area (Å²) < 4.78 is 16.1. The van der Waals surface area contributed by atoms with Crippen LogP contribution in [-0.4, -0.2) is 62.4 Å². The number of rotatable bonds is 8. The quantitative estimate of drug-likeness (QED) is 0.571. The number of carbonyl (C=O) groups excluding carboxylic acids is 2. The summed E-state index contributed by atoms with van der Waals surface area (Å²) in [6, 6.07) is 12.9. The van der Waals surface area contributed by atoms with E-state index in [9.17, 15) is 9.59 Å². The summed E-state index contributed by atoms with van der Waals surface area (Å²) in [6.45, 7) is -0.0154. The third-order valence-corrected chi connectivity index (χ3v) is 6.83. The smallest absolute Gasteiger partial charge is 0.262 e. The van der Waals surface area contributed by atoms with Gasteiger partial charge in [0.05, 0.1) is 33.1 Å². The average Bonchev–Trinajstić information content (AvgIpc) is 3.58. The van der Waals surface area contributed by atoms with Crippen LogP contribution < -0.4 is 14.2 Å². The van der Waals surface area contributed by atoms with Crippen LogP contribution >= 0.6 is 0 Å². The summed E-state index contributed by atoms with van der Waals surface area (Å²) in [5, 5.41) is 6.24. The number of nitrogens with zero attached hydrogens (tertiary/aromatic N) is 3. The fraction of sp³-hybridized carbons (Fsp3) is 0.444. The molecule has 1 saturated carbocycles. The van der Waals surface area contributed by atoms with Gasteiger partial charge in [-0.3, -0.25) is 9.59 Å². The zero-order chi connectivity index (χ0) is 24.9. The molecule has 2 aromatic carbocycles. The molecule has 0 bridgehead atoms. The Bertz CT molecular complexity index is 1090. The van der Waals surface area contributed by atoms with Gasteiger partial charge in [-0.1, -0.05) is 18.9 Å². The molecule has 1 unspecified atom stereocenters. The number of carbonyl (C=O) groups is 2. The second kappa shape index (κ2) is 10.8. The van der Waals surface area contributed by atoms with Crippen LogP contribution in [0, 0.1) is 5.92 Å². The first kappa shape index (κ1) is 24.6. The van der Waals surface area contributed by atoms with Crippen LogP contribution in [0.1, 0.15) is 49.3 Å². The zero-order valence-corrected chi connectivity index (χ0v) is 20.8. The van der Waals surface area contributed by atoms with Gasteiger partial charge in [0.15, 0.2) is 11.5 Å². The zero-order valence-electron chi connectivity index (χ0n) is 20.8. The number of methoxy groups -OCH3 is 3. The summed E-state index contributed by atoms with van der Waals surface area (Å²) in [5.41, 5.74) is 2.60. The van der Waals surface area contributed by atoms with Gasteiger partial charge in [0, 0.05) is 19.4 Å². The number of amides is 2. The molecule has 1 aliphatic heterocycles. The molecule has 2 aromatic rings. The van der Waals surface area contributed by atoms with Crippen LogP contribution in [0.4, 0.5) is 0 Å². The van der Waals surface area contributed by atoms with E-state index >= 15 is 0 Å². The van der Waals surface area contributed by atoms with Crippen LogP contribution in [-0.2, 0) is 9.59 Å². The van der Waals surface area contributed by atoms with Crippen molar-refractivity contribution in [1.82, 2.24) is 9.91 Å². The first-order valence-electron chi connectivity index (χ1n) is 12.0. The van der Waals surface area contributed by atoms with Crippen molar-refractivity contribution in [2.75, 3.05) is 34.9 Å². The van der Waals surface area contributed by atoms with Crippen LogP contribution in [0.3, 0.4) is 0 Å². The predicted octanol–water partition coefficient (Wildman–Crippen LogP) is 4.04. The first-order valence-corrected chi connectivity index (χ1v) is 12.0. The number of hydrogen-bond acceptors (Lipinski definition) is 6. The van der Waals surface area contributed by atoms with E-state index in [4.69, 9.17) is 19.3 Å². The first-order chi connectivity index (χ1) is 16.9. The largest absolute Gasteiger partial charge is 0.497 e. The van der Waals surface area contributed by atoms with Crippen LogP contribution in [0.5, 0.6) is 17.2 Å². The number of likely N-dealkylation sites (N-methyl/N-ethyl adjacent to an activating group) is 1. The lowest BCUT2D eigenvalue weighted by atomic mass is 9.98. The Balaban J connectivity index is 1.61. The minimum Gasteiger partial charge on any atom is -0.497 e. The van der Waals surface area contributed by atoms with Gasteiger partial charge < -0.3 is 19.1 Å². The molecule has 1 aliphatic carbocycles. The number of hydrazone groups is 1. The third kappa shape index (κ3) is 5.26. The molecule has 0 N–H and O–H groups in total. The fourth-order valence-corrected chi connectivity index (χ4v) is 4.86. The van der Waals surface area contributed by atoms with Gasteiger partial charge in [0.25, 0.3) is 5.91 Å². The molecule has 1 heterocycles. The molecular weight excluding hydrogens is 446 g/mol. The van der Waals surface area contributed by atoms with Crippen molar-refractivity contribution in [2.24, 2.45) is 11.0 Å².